The second-order valence-corrected chi connectivity index (χ2v) is 14.0. The van der Waals surface area contributed by atoms with Gasteiger partial charge in [-0.15, -0.1) is 0 Å². The van der Waals surface area contributed by atoms with Crippen LogP contribution < -0.4 is 27.0 Å². The van der Waals surface area contributed by atoms with Crippen LogP contribution in [-0.4, -0.2) is 82.9 Å². The molecule has 1 aromatic heterocycles. The van der Waals surface area contributed by atoms with Crippen molar-refractivity contribution in [1.82, 2.24) is 26.3 Å². The van der Waals surface area contributed by atoms with Gasteiger partial charge in [-0.1, -0.05) is 46.6 Å². The predicted octanol–water partition coefficient (Wildman–Crippen LogP) is 1.65. The summed E-state index contributed by atoms with van der Waals surface area (Å²) in [4.78, 5) is 71.4. The smallest absolute Gasteiger partial charge is 0.246 e. The number of pyridine rings is 1. The Bertz CT molecular complexity index is 1200. The van der Waals surface area contributed by atoms with Crippen LogP contribution in [0.2, 0.25) is 0 Å². The van der Waals surface area contributed by atoms with E-state index in [1.807, 2.05) is 45.9 Å². The van der Waals surface area contributed by atoms with Gasteiger partial charge >= 0.3 is 0 Å². The van der Waals surface area contributed by atoms with E-state index in [9.17, 15) is 24.0 Å². The van der Waals surface area contributed by atoms with Gasteiger partial charge in [-0.05, 0) is 24.0 Å². The fourth-order valence-corrected chi connectivity index (χ4v) is 6.97. The van der Waals surface area contributed by atoms with Crippen LogP contribution in [0.3, 0.4) is 0 Å². The molecule has 2 aliphatic rings. The zero-order chi connectivity index (χ0) is 33.0. The minimum absolute atomic E-state index is 0.214. The monoisotopic (exact) mass is 664 g/mol. The molecule has 14 heteroatoms. The van der Waals surface area contributed by atoms with E-state index >= 15 is 0 Å². The quantitative estimate of drug-likeness (QED) is 0.313. The molecule has 1 aromatic rings. The van der Waals surface area contributed by atoms with Crippen molar-refractivity contribution in [2.45, 2.75) is 95.0 Å². The maximum atomic E-state index is 13.9. The summed E-state index contributed by atoms with van der Waals surface area (Å²) >= 11 is 2.99. The zero-order valence-corrected chi connectivity index (χ0v) is 28.3. The molecule has 6 N–H and O–H groups in total. The summed E-state index contributed by atoms with van der Waals surface area (Å²) in [5.41, 5.74) is 6.13. The number of nitrogens with two attached hydrogens (primary N) is 1. The van der Waals surface area contributed by atoms with Gasteiger partial charge in [0.05, 0.1) is 11.4 Å². The third-order valence-corrected chi connectivity index (χ3v) is 10.6. The molecule has 2 aliphatic heterocycles. The highest BCUT2D eigenvalue weighted by molar-refractivity contribution is 7.98. The first kappa shape index (κ1) is 36.6. The number of thioether (sulfide) groups is 2. The van der Waals surface area contributed by atoms with Gasteiger partial charge in [0.15, 0.2) is 0 Å². The molecule has 5 amide bonds. The maximum absolute atomic E-state index is 13.9. The highest BCUT2D eigenvalue weighted by Crippen LogP contribution is 2.24. The molecule has 3 heterocycles. The van der Waals surface area contributed by atoms with Gasteiger partial charge in [0.2, 0.25) is 29.5 Å². The fourth-order valence-electron chi connectivity index (χ4n) is 5.15. The third-order valence-electron chi connectivity index (χ3n) is 8.52. The van der Waals surface area contributed by atoms with E-state index in [4.69, 9.17) is 15.5 Å². The lowest BCUT2D eigenvalue weighted by molar-refractivity contribution is -0.141. The third kappa shape index (κ3) is 10.6. The van der Waals surface area contributed by atoms with Crippen LogP contribution in [0.4, 0.5) is 0 Å². The van der Waals surface area contributed by atoms with Gasteiger partial charge < -0.3 is 31.7 Å². The van der Waals surface area contributed by atoms with Crippen molar-refractivity contribution >= 4 is 53.1 Å². The van der Waals surface area contributed by atoms with Gasteiger partial charge in [-0.25, -0.2) is 0 Å². The highest BCUT2D eigenvalue weighted by atomic mass is 32.2. The number of aromatic nitrogens is 1. The van der Waals surface area contributed by atoms with Crippen LogP contribution in [-0.2, 0) is 40.2 Å². The molecule has 12 nitrogen and oxygen atoms in total. The van der Waals surface area contributed by atoms with Crippen molar-refractivity contribution in [2.75, 3.05) is 24.7 Å². The number of ether oxygens (including phenoxy) is 1. The Morgan fingerprint density at radius 1 is 0.956 bits per heavy atom. The van der Waals surface area contributed by atoms with Crippen LogP contribution >= 0.6 is 23.5 Å². The van der Waals surface area contributed by atoms with E-state index in [2.05, 4.69) is 21.3 Å². The number of fused-ring (bicyclic) bond motifs is 2. The summed E-state index contributed by atoms with van der Waals surface area (Å²) in [7, 11) is 0. The van der Waals surface area contributed by atoms with E-state index in [1.165, 1.54) is 11.8 Å². The topological polar surface area (TPSA) is 182 Å². The first-order chi connectivity index (χ1) is 21.5. The molecule has 1 spiro atoms. The van der Waals surface area contributed by atoms with Crippen molar-refractivity contribution in [1.29, 1.82) is 0 Å². The number of amides is 5. The number of hydrogen-bond donors (Lipinski definition) is 5. The molecular formula is C31H48N6O6S2. The van der Waals surface area contributed by atoms with Crippen LogP contribution in [0.1, 0.15) is 71.2 Å². The molecule has 1 saturated heterocycles. The Kier molecular flexibility index (Phi) is 14.4. The van der Waals surface area contributed by atoms with Gasteiger partial charge in [0.25, 0.3) is 0 Å². The number of carbonyl (C=O) groups excluding carboxylic acids is 5. The normalized spacial score (nSPS) is 25.7. The number of carbonyl (C=O) groups is 5. The number of nitrogens with one attached hydrogen (secondary N) is 4. The molecule has 5 atom stereocenters. The number of nitrogens with zero attached hydrogens (tertiary/aromatic N) is 1. The number of hydrogen-bond acceptors (Lipinski definition) is 9. The molecule has 0 unspecified atom stereocenters. The van der Waals surface area contributed by atoms with E-state index < -0.39 is 47.3 Å². The summed E-state index contributed by atoms with van der Waals surface area (Å²) in [5, 5.41) is 11.5. The second-order valence-electron chi connectivity index (χ2n) is 11.9. The molecule has 45 heavy (non-hydrogen) atoms. The van der Waals surface area contributed by atoms with Crippen molar-refractivity contribution in [2.24, 2.45) is 17.6 Å². The van der Waals surface area contributed by atoms with Crippen LogP contribution in [0.5, 0.6) is 0 Å². The molecule has 0 aliphatic carbocycles. The lowest BCUT2D eigenvalue weighted by Gasteiger charge is -2.38. The van der Waals surface area contributed by atoms with Crippen molar-refractivity contribution in [3.63, 3.8) is 0 Å². The Morgan fingerprint density at radius 2 is 1.53 bits per heavy atom. The molecule has 250 valence electrons. The SMILES string of the molecule is CC[C@H](C)[C@@H]1NC(=O)[C@H]([C@@H](C)CC)NC(=O)C2(CCOCC2)NC(=O)CCSCc2cccc(n2)CSC[C@@H](C(N)=O)NC1=O. The number of rotatable bonds is 5. The minimum Gasteiger partial charge on any atom is -0.381 e. The summed E-state index contributed by atoms with van der Waals surface area (Å²) in [6, 6.07) is 2.84. The lowest BCUT2D eigenvalue weighted by atomic mass is 9.87. The van der Waals surface area contributed by atoms with Gasteiger partial charge in [0, 0.05) is 55.5 Å². The summed E-state index contributed by atoms with van der Waals surface area (Å²) in [6.07, 6.45) is 1.91. The van der Waals surface area contributed by atoms with E-state index in [1.54, 1.807) is 11.8 Å². The van der Waals surface area contributed by atoms with Crippen LogP contribution in [0, 0.1) is 11.8 Å². The molecule has 1 fully saturated rings. The summed E-state index contributed by atoms with van der Waals surface area (Å²) in [6.45, 7) is 8.08. The average molecular weight is 665 g/mol. The Hall–Kier alpha value is -2.84. The molecule has 0 aromatic carbocycles. The van der Waals surface area contributed by atoms with E-state index in [-0.39, 0.29) is 42.8 Å². The Balaban J connectivity index is 1.93. The Morgan fingerprint density at radius 3 is 2.13 bits per heavy atom. The van der Waals surface area contributed by atoms with Gasteiger partial charge in [0.1, 0.15) is 23.7 Å². The molecule has 3 rings (SSSR count). The zero-order valence-electron chi connectivity index (χ0n) is 26.7. The van der Waals surface area contributed by atoms with Crippen LogP contribution in [0.25, 0.3) is 0 Å². The van der Waals surface area contributed by atoms with Gasteiger partial charge in [-0.3, -0.25) is 29.0 Å². The Labute approximate surface area is 274 Å². The molecule has 0 saturated carbocycles. The first-order valence-electron chi connectivity index (χ1n) is 15.7. The largest absolute Gasteiger partial charge is 0.381 e. The standard InChI is InChI=1S/C31H48N6O6S2/c1-5-19(3)25-28(40)34-23(27(32)39)18-45-17-22-9-7-8-21(33-22)16-44-15-10-24(38)37-31(11-13-43-14-12-31)30(42)36-26(20(4)6-2)29(41)35-25/h7-9,19-20,23,25-26H,5-6,10-18H2,1-4H3,(H2,32,39)(H,34,40)(H,35,41)(H,36,42)(H,37,38)/t19-,20-,23-,25-,26-/m0/s1. The molecular weight excluding hydrogens is 617 g/mol. The first-order valence-corrected chi connectivity index (χ1v) is 18.0. The van der Waals surface area contributed by atoms with Gasteiger partial charge in [-0.2, -0.15) is 23.5 Å². The minimum atomic E-state index is -1.22. The van der Waals surface area contributed by atoms with Crippen LogP contribution in [0.15, 0.2) is 18.2 Å². The average Bonchev–Trinajstić information content (AvgIpc) is 3.03. The summed E-state index contributed by atoms with van der Waals surface area (Å²) in [5.74, 6) is -1.08. The molecule has 0 radical (unpaired) electrons. The maximum Gasteiger partial charge on any atom is 0.246 e. The number of primary amides is 1. The second kappa shape index (κ2) is 17.7. The molecule has 2 bridgehead atoms. The van der Waals surface area contributed by atoms with Crippen molar-refractivity contribution in [3.05, 3.63) is 29.6 Å². The van der Waals surface area contributed by atoms with Crippen molar-refractivity contribution < 1.29 is 28.7 Å². The lowest BCUT2D eigenvalue weighted by Crippen LogP contribution is -2.65. The predicted molar refractivity (Wildman–Crippen MR) is 176 cm³/mol. The summed E-state index contributed by atoms with van der Waals surface area (Å²) < 4.78 is 5.51. The highest BCUT2D eigenvalue weighted by Gasteiger charge is 2.44. The fraction of sp³-hybridized carbons (Fsp3) is 0.677. The van der Waals surface area contributed by atoms with Crippen molar-refractivity contribution in [3.8, 4) is 0 Å². The van der Waals surface area contributed by atoms with E-state index in [0.29, 0.717) is 43.3 Å². The van der Waals surface area contributed by atoms with E-state index in [0.717, 1.165) is 11.4 Å².